The highest BCUT2D eigenvalue weighted by Gasteiger charge is 2.15. The lowest BCUT2D eigenvalue weighted by atomic mass is 10.0. The van der Waals surface area contributed by atoms with Crippen LogP contribution in [-0.2, 0) is 24.2 Å². The topological polar surface area (TPSA) is 70.4 Å². The Balaban J connectivity index is 1.42. The van der Waals surface area contributed by atoms with Gasteiger partial charge in [-0.3, -0.25) is 14.9 Å². The Morgan fingerprint density at radius 2 is 2.00 bits per heavy atom. The number of carbonyl (C=O) groups excluding carboxylic acids is 1. The molecular weight excluding hydrogens is 376 g/mol. The maximum absolute atomic E-state index is 11.2. The number of amides is 1. The van der Waals surface area contributed by atoms with Gasteiger partial charge in [0, 0.05) is 37.5 Å². The standard InChI is InChI=1S/C24H26N4O2/c29-24(26-30)11-9-19-8-10-21-18-27(15-4-5-20(21)17-19)16-13-23-12-14-25-28(23)22-6-2-1-3-7-22/h1-3,6-12,14,17,30H,4-5,13,15-16,18H2,(H,26,29). The van der Waals surface area contributed by atoms with Crippen LogP contribution in [0.2, 0.25) is 0 Å². The first kappa shape index (κ1) is 20.1. The van der Waals surface area contributed by atoms with Crippen LogP contribution < -0.4 is 5.48 Å². The van der Waals surface area contributed by atoms with E-state index in [1.165, 1.54) is 22.9 Å². The maximum Gasteiger partial charge on any atom is 0.267 e. The van der Waals surface area contributed by atoms with Crippen molar-refractivity contribution in [3.05, 3.63) is 89.3 Å². The first-order valence-electron chi connectivity index (χ1n) is 10.3. The molecule has 2 N–H and O–H groups in total. The molecule has 0 atom stereocenters. The number of para-hydroxylation sites is 1. The van der Waals surface area contributed by atoms with Crippen LogP contribution in [0.3, 0.4) is 0 Å². The van der Waals surface area contributed by atoms with Crippen molar-refractivity contribution in [3.63, 3.8) is 0 Å². The summed E-state index contributed by atoms with van der Waals surface area (Å²) in [6.07, 6.45) is 8.00. The summed E-state index contributed by atoms with van der Waals surface area (Å²) >= 11 is 0. The van der Waals surface area contributed by atoms with E-state index in [9.17, 15) is 4.79 Å². The van der Waals surface area contributed by atoms with Crippen LogP contribution in [0.4, 0.5) is 0 Å². The molecule has 0 aliphatic carbocycles. The largest absolute Gasteiger partial charge is 0.299 e. The molecular formula is C24H26N4O2. The van der Waals surface area contributed by atoms with E-state index in [0.717, 1.165) is 50.1 Å². The van der Waals surface area contributed by atoms with Crippen molar-refractivity contribution in [3.8, 4) is 5.69 Å². The highest BCUT2D eigenvalue weighted by atomic mass is 16.5. The summed E-state index contributed by atoms with van der Waals surface area (Å²) in [5.41, 5.74) is 7.56. The number of nitrogens with one attached hydrogen (secondary N) is 1. The van der Waals surface area contributed by atoms with Crippen LogP contribution in [0.15, 0.2) is 66.9 Å². The van der Waals surface area contributed by atoms with Crippen LogP contribution in [0, 0.1) is 0 Å². The summed E-state index contributed by atoms with van der Waals surface area (Å²) < 4.78 is 2.02. The molecule has 0 spiro atoms. The van der Waals surface area contributed by atoms with E-state index < -0.39 is 5.91 Å². The third kappa shape index (κ3) is 4.84. The predicted octanol–water partition coefficient (Wildman–Crippen LogP) is 3.38. The third-order valence-electron chi connectivity index (χ3n) is 5.49. The molecule has 1 aromatic heterocycles. The van der Waals surface area contributed by atoms with Crippen molar-refractivity contribution < 1.29 is 10.0 Å². The van der Waals surface area contributed by atoms with Gasteiger partial charge in [-0.2, -0.15) is 5.10 Å². The number of aromatic nitrogens is 2. The van der Waals surface area contributed by atoms with E-state index in [4.69, 9.17) is 5.21 Å². The molecule has 0 radical (unpaired) electrons. The van der Waals surface area contributed by atoms with Crippen molar-refractivity contribution in [2.24, 2.45) is 0 Å². The quantitative estimate of drug-likeness (QED) is 0.377. The fraction of sp³-hybridized carbons (Fsp3) is 0.250. The van der Waals surface area contributed by atoms with Gasteiger partial charge in [0.25, 0.3) is 5.91 Å². The zero-order valence-corrected chi connectivity index (χ0v) is 16.9. The van der Waals surface area contributed by atoms with Gasteiger partial charge >= 0.3 is 0 Å². The molecule has 4 rings (SSSR count). The van der Waals surface area contributed by atoms with Gasteiger partial charge in [-0.25, -0.2) is 10.2 Å². The lowest BCUT2D eigenvalue weighted by molar-refractivity contribution is -0.124. The number of hydrogen-bond acceptors (Lipinski definition) is 4. The maximum atomic E-state index is 11.2. The van der Waals surface area contributed by atoms with Gasteiger partial charge in [0.2, 0.25) is 0 Å². The van der Waals surface area contributed by atoms with E-state index >= 15 is 0 Å². The fourth-order valence-electron chi connectivity index (χ4n) is 3.94. The number of hydroxylamine groups is 1. The van der Waals surface area contributed by atoms with Crippen LogP contribution in [0.25, 0.3) is 11.8 Å². The molecule has 2 heterocycles. The van der Waals surface area contributed by atoms with Crippen molar-refractivity contribution in [1.29, 1.82) is 0 Å². The monoisotopic (exact) mass is 402 g/mol. The van der Waals surface area contributed by atoms with Crippen LogP contribution in [0.5, 0.6) is 0 Å². The molecule has 154 valence electrons. The second-order valence-electron chi connectivity index (χ2n) is 7.54. The second-order valence-corrected chi connectivity index (χ2v) is 7.54. The highest BCUT2D eigenvalue weighted by molar-refractivity contribution is 5.90. The normalized spacial score (nSPS) is 14.4. The van der Waals surface area contributed by atoms with Gasteiger partial charge in [0.05, 0.1) is 5.69 Å². The molecule has 0 fully saturated rings. The van der Waals surface area contributed by atoms with E-state index in [-0.39, 0.29) is 0 Å². The Bertz CT molecular complexity index is 1030. The number of hydrogen-bond donors (Lipinski definition) is 2. The number of nitrogens with zero attached hydrogens (tertiary/aromatic N) is 3. The Morgan fingerprint density at radius 3 is 2.83 bits per heavy atom. The average molecular weight is 402 g/mol. The molecule has 0 unspecified atom stereocenters. The second kappa shape index (κ2) is 9.52. The van der Waals surface area contributed by atoms with Crippen LogP contribution >= 0.6 is 0 Å². The average Bonchev–Trinajstić information content (AvgIpc) is 3.16. The lowest BCUT2D eigenvalue weighted by Gasteiger charge is -2.20. The molecule has 3 aromatic rings. The molecule has 1 aliphatic rings. The minimum Gasteiger partial charge on any atom is -0.299 e. The van der Waals surface area contributed by atoms with E-state index in [2.05, 4.69) is 40.3 Å². The third-order valence-corrected chi connectivity index (χ3v) is 5.49. The van der Waals surface area contributed by atoms with Crippen LogP contribution in [-0.4, -0.2) is 38.9 Å². The summed E-state index contributed by atoms with van der Waals surface area (Å²) in [5.74, 6) is -0.522. The number of rotatable bonds is 6. The van der Waals surface area contributed by atoms with Gasteiger partial charge in [0.15, 0.2) is 0 Å². The van der Waals surface area contributed by atoms with Gasteiger partial charge in [-0.15, -0.1) is 0 Å². The summed E-state index contributed by atoms with van der Waals surface area (Å²) in [6.45, 7) is 2.97. The lowest BCUT2D eigenvalue weighted by Crippen LogP contribution is -2.26. The molecule has 1 amide bonds. The Hall–Kier alpha value is -3.22. The first-order chi connectivity index (χ1) is 14.7. The predicted molar refractivity (Wildman–Crippen MR) is 116 cm³/mol. The summed E-state index contributed by atoms with van der Waals surface area (Å²) in [4.78, 5) is 13.7. The summed E-state index contributed by atoms with van der Waals surface area (Å²) in [5, 5.41) is 13.1. The zero-order chi connectivity index (χ0) is 20.8. The summed E-state index contributed by atoms with van der Waals surface area (Å²) in [6, 6.07) is 18.7. The van der Waals surface area contributed by atoms with Gasteiger partial charge in [-0.1, -0.05) is 36.4 Å². The molecule has 0 saturated carbocycles. The van der Waals surface area contributed by atoms with E-state index in [0.29, 0.717) is 0 Å². The molecule has 6 heteroatoms. The molecule has 1 aliphatic heterocycles. The molecule has 2 aromatic carbocycles. The number of fused-ring (bicyclic) bond motifs is 1. The Kier molecular flexibility index (Phi) is 6.37. The van der Waals surface area contributed by atoms with Gasteiger partial charge < -0.3 is 0 Å². The molecule has 0 bridgehead atoms. The number of aryl methyl sites for hydroxylation is 1. The number of benzene rings is 2. The van der Waals surface area contributed by atoms with Crippen molar-refractivity contribution in [2.75, 3.05) is 13.1 Å². The minimum atomic E-state index is -0.522. The van der Waals surface area contributed by atoms with Crippen molar-refractivity contribution >= 4 is 12.0 Å². The molecule has 6 nitrogen and oxygen atoms in total. The highest BCUT2D eigenvalue weighted by Crippen LogP contribution is 2.21. The minimum absolute atomic E-state index is 0.522. The SMILES string of the molecule is O=C(C=Cc1ccc2c(c1)CCCN(CCc1ccnn1-c1ccccc1)C2)NO. The summed E-state index contributed by atoms with van der Waals surface area (Å²) in [7, 11) is 0. The fourth-order valence-corrected chi connectivity index (χ4v) is 3.94. The smallest absolute Gasteiger partial charge is 0.267 e. The molecule has 0 saturated heterocycles. The zero-order valence-electron chi connectivity index (χ0n) is 16.9. The van der Waals surface area contributed by atoms with E-state index in [1.807, 2.05) is 35.1 Å². The van der Waals surface area contributed by atoms with Crippen LogP contribution in [0.1, 0.15) is 28.8 Å². The Labute approximate surface area is 176 Å². The van der Waals surface area contributed by atoms with Gasteiger partial charge in [-0.05, 0) is 60.4 Å². The van der Waals surface area contributed by atoms with Gasteiger partial charge in [0.1, 0.15) is 0 Å². The van der Waals surface area contributed by atoms with Crippen molar-refractivity contribution in [1.82, 2.24) is 20.2 Å². The first-order valence-corrected chi connectivity index (χ1v) is 10.3. The van der Waals surface area contributed by atoms with Crippen molar-refractivity contribution in [2.45, 2.75) is 25.8 Å². The number of carbonyl (C=O) groups is 1. The Morgan fingerprint density at radius 1 is 1.13 bits per heavy atom. The van der Waals surface area contributed by atoms with E-state index in [1.54, 1.807) is 11.6 Å². The molecule has 30 heavy (non-hydrogen) atoms.